The molecule has 1 saturated carbocycles. The van der Waals surface area contributed by atoms with Gasteiger partial charge < -0.3 is 25.4 Å². The maximum absolute atomic E-state index is 14.4. The Kier molecular flexibility index (Phi) is 10.2. The van der Waals surface area contributed by atoms with E-state index in [1.165, 1.54) is 6.42 Å². The molecule has 0 aromatic heterocycles. The number of hydrogen-bond donors (Lipinski definition) is 2. The van der Waals surface area contributed by atoms with E-state index in [4.69, 9.17) is 15.2 Å². The molecule has 0 spiro atoms. The minimum Gasteiger partial charge on any atom is -0.493 e. The Bertz CT molecular complexity index is 957. The fourth-order valence-electron chi connectivity index (χ4n) is 6.08. The lowest BCUT2D eigenvalue weighted by Gasteiger charge is -2.40. The second kappa shape index (κ2) is 13.2. The Morgan fingerprint density at radius 2 is 1.70 bits per heavy atom. The number of hydrogen-bond acceptors (Lipinski definition) is 5. The van der Waals surface area contributed by atoms with E-state index in [-0.39, 0.29) is 29.6 Å². The van der Waals surface area contributed by atoms with Crippen LogP contribution in [0.5, 0.6) is 11.5 Å². The standard InChI is InChI=1S/C29H45N3O5/c1-18(2)15-22(27(30)33)31-28(34)23-13-9-10-14-32(23)29(35)25(20-11-7-6-8-12-20)21-16-19(3)26(37-5)24(17-21)36-4/h16-18,20,22-23,25H,6-15H2,1-5H3,(H2,30,33)(H,31,34)/t22-,23-,25-/m0/s1. The molecule has 1 aromatic carbocycles. The summed E-state index contributed by atoms with van der Waals surface area (Å²) in [5, 5.41) is 2.86. The van der Waals surface area contributed by atoms with Crippen LogP contribution in [-0.4, -0.2) is 55.5 Å². The number of ether oxygens (including phenoxy) is 2. The highest BCUT2D eigenvalue weighted by molar-refractivity contribution is 5.93. The number of nitrogens with one attached hydrogen (secondary N) is 1. The third-order valence-corrected chi connectivity index (χ3v) is 7.89. The number of nitrogens with zero attached hydrogens (tertiary/aromatic N) is 1. The third-order valence-electron chi connectivity index (χ3n) is 7.89. The van der Waals surface area contributed by atoms with Crippen LogP contribution in [0.4, 0.5) is 0 Å². The number of benzene rings is 1. The smallest absolute Gasteiger partial charge is 0.243 e. The van der Waals surface area contributed by atoms with Gasteiger partial charge in [0.25, 0.3) is 0 Å². The van der Waals surface area contributed by atoms with Gasteiger partial charge in [0.05, 0.1) is 20.1 Å². The second-order valence-corrected chi connectivity index (χ2v) is 11.1. The summed E-state index contributed by atoms with van der Waals surface area (Å²) in [5.41, 5.74) is 7.41. The van der Waals surface area contributed by atoms with Crippen molar-refractivity contribution in [3.63, 3.8) is 0 Å². The van der Waals surface area contributed by atoms with Gasteiger partial charge in [0.2, 0.25) is 17.7 Å². The molecule has 1 heterocycles. The molecule has 0 unspecified atom stereocenters. The van der Waals surface area contributed by atoms with Crippen molar-refractivity contribution in [2.24, 2.45) is 17.6 Å². The number of amides is 3. The molecule has 3 atom stereocenters. The van der Waals surface area contributed by atoms with Crippen molar-refractivity contribution in [3.05, 3.63) is 23.3 Å². The average Bonchev–Trinajstić information content (AvgIpc) is 2.88. The quantitative estimate of drug-likeness (QED) is 0.488. The van der Waals surface area contributed by atoms with Gasteiger partial charge in [0.15, 0.2) is 11.5 Å². The van der Waals surface area contributed by atoms with E-state index in [1.54, 1.807) is 19.1 Å². The van der Waals surface area contributed by atoms with Crippen LogP contribution in [0.2, 0.25) is 0 Å². The highest BCUT2D eigenvalue weighted by Crippen LogP contribution is 2.42. The average molecular weight is 516 g/mol. The van der Waals surface area contributed by atoms with Crippen LogP contribution < -0.4 is 20.5 Å². The molecule has 3 amide bonds. The zero-order valence-corrected chi connectivity index (χ0v) is 23.2. The van der Waals surface area contributed by atoms with Gasteiger partial charge in [-0.1, -0.05) is 39.2 Å². The summed E-state index contributed by atoms with van der Waals surface area (Å²) in [5.74, 6) is 0.457. The van der Waals surface area contributed by atoms with Gasteiger partial charge in [-0.05, 0) is 74.5 Å². The molecule has 1 aliphatic carbocycles. The van der Waals surface area contributed by atoms with Gasteiger partial charge in [-0.2, -0.15) is 0 Å². The van der Waals surface area contributed by atoms with Crippen molar-refractivity contribution >= 4 is 17.7 Å². The molecular formula is C29H45N3O5. The maximum atomic E-state index is 14.4. The Labute approximate surface area is 221 Å². The number of likely N-dealkylation sites (tertiary alicyclic amines) is 1. The number of methoxy groups -OCH3 is 2. The van der Waals surface area contributed by atoms with Crippen LogP contribution in [0.15, 0.2) is 12.1 Å². The Morgan fingerprint density at radius 1 is 1.03 bits per heavy atom. The summed E-state index contributed by atoms with van der Waals surface area (Å²) in [7, 11) is 3.22. The van der Waals surface area contributed by atoms with Crippen molar-refractivity contribution in [2.45, 2.75) is 96.6 Å². The molecule has 8 heteroatoms. The number of carbonyl (C=O) groups excluding carboxylic acids is 3. The van der Waals surface area contributed by atoms with Gasteiger partial charge in [-0.15, -0.1) is 0 Å². The van der Waals surface area contributed by atoms with Crippen molar-refractivity contribution in [1.29, 1.82) is 0 Å². The third kappa shape index (κ3) is 6.96. The number of aryl methyl sites for hydroxylation is 1. The fourth-order valence-corrected chi connectivity index (χ4v) is 6.08. The van der Waals surface area contributed by atoms with Gasteiger partial charge in [0.1, 0.15) is 12.1 Å². The SMILES string of the molecule is COc1cc([C@@H](C(=O)N2CCCC[C@H]2C(=O)N[C@@H](CC(C)C)C(N)=O)C2CCCCC2)cc(C)c1OC. The Morgan fingerprint density at radius 3 is 2.30 bits per heavy atom. The zero-order chi connectivity index (χ0) is 27.1. The number of nitrogens with two attached hydrogens (primary N) is 1. The molecule has 37 heavy (non-hydrogen) atoms. The first-order valence-electron chi connectivity index (χ1n) is 13.8. The molecule has 3 N–H and O–H groups in total. The topological polar surface area (TPSA) is 111 Å². The Balaban J connectivity index is 1.94. The summed E-state index contributed by atoms with van der Waals surface area (Å²) in [6, 6.07) is 2.61. The first-order valence-corrected chi connectivity index (χ1v) is 13.8. The monoisotopic (exact) mass is 515 g/mol. The normalized spacial score (nSPS) is 20.3. The summed E-state index contributed by atoms with van der Waals surface area (Å²) in [6.07, 6.45) is 8.09. The largest absolute Gasteiger partial charge is 0.493 e. The van der Waals surface area contributed by atoms with Crippen LogP contribution in [0.1, 0.15) is 88.7 Å². The number of piperidine rings is 1. The molecular weight excluding hydrogens is 470 g/mol. The second-order valence-electron chi connectivity index (χ2n) is 11.1. The molecule has 2 aliphatic rings. The van der Waals surface area contributed by atoms with E-state index < -0.39 is 18.0 Å². The van der Waals surface area contributed by atoms with Crippen molar-refractivity contribution in [3.8, 4) is 11.5 Å². The van der Waals surface area contributed by atoms with Gasteiger partial charge in [-0.25, -0.2) is 0 Å². The lowest BCUT2D eigenvalue weighted by molar-refractivity contribution is -0.145. The van der Waals surface area contributed by atoms with Crippen molar-refractivity contribution in [1.82, 2.24) is 10.2 Å². The van der Waals surface area contributed by atoms with E-state index in [0.29, 0.717) is 30.9 Å². The molecule has 1 aromatic rings. The van der Waals surface area contributed by atoms with E-state index in [1.807, 2.05) is 32.9 Å². The maximum Gasteiger partial charge on any atom is 0.243 e. The molecule has 0 bridgehead atoms. The van der Waals surface area contributed by atoms with Gasteiger partial charge in [-0.3, -0.25) is 14.4 Å². The fraction of sp³-hybridized carbons (Fsp3) is 0.690. The first kappa shape index (κ1) is 28.8. The zero-order valence-electron chi connectivity index (χ0n) is 23.2. The molecule has 1 saturated heterocycles. The lowest BCUT2D eigenvalue weighted by Crippen LogP contribution is -2.57. The molecule has 1 aliphatic heterocycles. The minimum absolute atomic E-state index is 0.0159. The van der Waals surface area contributed by atoms with E-state index >= 15 is 0 Å². The van der Waals surface area contributed by atoms with Crippen LogP contribution in [0.25, 0.3) is 0 Å². The number of primary amides is 1. The summed E-state index contributed by atoms with van der Waals surface area (Å²) in [4.78, 5) is 41.6. The van der Waals surface area contributed by atoms with Crippen LogP contribution in [-0.2, 0) is 14.4 Å². The predicted molar refractivity (Wildman–Crippen MR) is 144 cm³/mol. The Hall–Kier alpha value is -2.77. The predicted octanol–water partition coefficient (Wildman–Crippen LogP) is 4.07. The van der Waals surface area contributed by atoms with Gasteiger partial charge in [0, 0.05) is 6.54 Å². The van der Waals surface area contributed by atoms with Crippen LogP contribution >= 0.6 is 0 Å². The van der Waals surface area contributed by atoms with E-state index in [9.17, 15) is 14.4 Å². The molecule has 206 valence electrons. The highest BCUT2D eigenvalue weighted by Gasteiger charge is 2.40. The minimum atomic E-state index is -0.742. The van der Waals surface area contributed by atoms with Crippen LogP contribution in [0, 0.1) is 18.8 Å². The summed E-state index contributed by atoms with van der Waals surface area (Å²) < 4.78 is 11.2. The van der Waals surface area contributed by atoms with Crippen molar-refractivity contribution < 1.29 is 23.9 Å². The van der Waals surface area contributed by atoms with Gasteiger partial charge >= 0.3 is 0 Å². The van der Waals surface area contributed by atoms with Crippen LogP contribution in [0.3, 0.4) is 0 Å². The molecule has 8 nitrogen and oxygen atoms in total. The molecule has 2 fully saturated rings. The van der Waals surface area contributed by atoms with E-state index in [0.717, 1.165) is 49.7 Å². The van der Waals surface area contributed by atoms with Crippen molar-refractivity contribution in [2.75, 3.05) is 20.8 Å². The lowest BCUT2D eigenvalue weighted by atomic mass is 9.75. The number of carbonyl (C=O) groups is 3. The highest BCUT2D eigenvalue weighted by atomic mass is 16.5. The van der Waals surface area contributed by atoms with E-state index in [2.05, 4.69) is 5.32 Å². The number of rotatable bonds is 10. The summed E-state index contributed by atoms with van der Waals surface area (Å²) in [6.45, 7) is 6.46. The molecule has 3 rings (SSSR count). The molecule has 0 radical (unpaired) electrons. The summed E-state index contributed by atoms with van der Waals surface area (Å²) >= 11 is 0. The first-order chi connectivity index (χ1) is 17.7.